The Hall–Kier alpha value is -2.61. The van der Waals surface area contributed by atoms with Crippen LogP contribution in [-0.4, -0.2) is 26.7 Å². The van der Waals surface area contributed by atoms with E-state index in [9.17, 15) is 13.2 Å². The highest BCUT2D eigenvalue weighted by Crippen LogP contribution is 2.39. The molecule has 2 N–H and O–H groups in total. The molecular weight excluding hydrogens is 369 g/mol. The van der Waals surface area contributed by atoms with E-state index < -0.39 is 17.3 Å². The van der Waals surface area contributed by atoms with Crippen LogP contribution in [0, 0.1) is 5.92 Å². The lowest BCUT2D eigenvalue weighted by Gasteiger charge is -2.27. The van der Waals surface area contributed by atoms with E-state index in [1.165, 1.54) is 16.8 Å². The van der Waals surface area contributed by atoms with Gasteiger partial charge in [-0.25, -0.2) is 9.50 Å². The molecule has 150 valence electrons. The number of fused-ring (bicyclic) bond motifs is 1. The van der Waals surface area contributed by atoms with E-state index in [2.05, 4.69) is 10.1 Å². The van der Waals surface area contributed by atoms with E-state index in [4.69, 9.17) is 10.5 Å². The van der Waals surface area contributed by atoms with E-state index in [1.54, 1.807) is 31.5 Å². The van der Waals surface area contributed by atoms with E-state index in [-0.39, 0.29) is 12.4 Å². The minimum atomic E-state index is -4.56. The van der Waals surface area contributed by atoms with Gasteiger partial charge < -0.3 is 10.5 Å². The third-order valence-electron chi connectivity index (χ3n) is 4.32. The molecule has 3 rings (SSSR count). The van der Waals surface area contributed by atoms with Crippen molar-refractivity contribution in [3.63, 3.8) is 0 Å². The molecule has 5 nitrogen and oxygen atoms in total. The fourth-order valence-electron chi connectivity index (χ4n) is 3.34. The van der Waals surface area contributed by atoms with Gasteiger partial charge in [0.15, 0.2) is 5.65 Å². The van der Waals surface area contributed by atoms with Crippen molar-refractivity contribution in [2.75, 3.05) is 6.61 Å². The maximum Gasteiger partial charge on any atom is 0.419 e. The predicted molar refractivity (Wildman–Crippen MR) is 101 cm³/mol. The zero-order chi connectivity index (χ0) is 20.5. The number of nitrogens with two attached hydrogens (primary N) is 1. The predicted octanol–water partition coefficient (Wildman–Crippen LogP) is 4.56. The van der Waals surface area contributed by atoms with Crippen molar-refractivity contribution in [3.8, 4) is 16.9 Å². The first-order chi connectivity index (χ1) is 13.1. The Balaban J connectivity index is 1.96. The lowest BCUT2D eigenvalue weighted by Crippen LogP contribution is -2.43. The minimum Gasteiger partial charge on any atom is -0.491 e. The summed E-state index contributed by atoms with van der Waals surface area (Å²) < 4.78 is 48.1. The number of hydrogen-bond acceptors (Lipinski definition) is 4. The lowest BCUT2D eigenvalue weighted by atomic mass is 9.93. The fraction of sp³-hybridized carbons (Fsp3) is 0.400. The Morgan fingerprint density at radius 2 is 1.93 bits per heavy atom. The van der Waals surface area contributed by atoms with Gasteiger partial charge in [-0.1, -0.05) is 19.9 Å². The van der Waals surface area contributed by atoms with E-state index in [0.717, 1.165) is 6.07 Å². The Labute approximate surface area is 161 Å². The number of rotatable bonds is 6. The van der Waals surface area contributed by atoms with Crippen LogP contribution in [0.3, 0.4) is 0 Å². The van der Waals surface area contributed by atoms with Crippen molar-refractivity contribution >= 4 is 5.65 Å². The Morgan fingerprint density at radius 1 is 1.18 bits per heavy atom. The van der Waals surface area contributed by atoms with Gasteiger partial charge in [0.1, 0.15) is 12.4 Å². The Morgan fingerprint density at radius 3 is 2.61 bits per heavy atom. The number of alkyl halides is 3. The highest BCUT2D eigenvalue weighted by atomic mass is 19.4. The molecule has 28 heavy (non-hydrogen) atoms. The highest BCUT2D eigenvalue weighted by molar-refractivity contribution is 5.77. The van der Waals surface area contributed by atoms with E-state index >= 15 is 0 Å². The monoisotopic (exact) mass is 392 g/mol. The largest absolute Gasteiger partial charge is 0.491 e. The highest BCUT2D eigenvalue weighted by Gasteiger charge is 2.35. The molecule has 3 aromatic rings. The minimum absolute atomic E-state index is 0.00658. The number of nitrogens with zero attached hydrogens (tertiary/aromatic N) is 3. The summed E-state index contributed by atoms with van der Waals surface area (Å²) in [4.78, 5) is 4.18. The standard InChI is InChI=1S/C20H23F3N4O/c1-13(2)11-19(3,24)12-28-17-5-4-14(10-16(17)20(21,22)23)15-6-7-26-27-9-8-25-18(15)27/h4-10,13H,11-12,24H2,1-3H3. The summed E-state index contributed by atoms with van der Waals surface area (Å²) in [5.74, 6) is 0.0804. The number of ether oxygens (including phenoxy) is 1. The van der Waals surface area contributed by atoms with Gasteiger partial charge in [0.25, 0.3) is 0 Å². The van der Waals surface area contributed by atoms with Gasteiger partial charge >= 0.3 is 6.18 Å². The third-order valence-corrected chi connectivity index (χ3v) is 4.32. The van der Waals surface area contributed by atoms with Crippen LogP contribution in [-0.2, 0) is 6.18 Å². The summed E-state index contributed by atoms with van der Waals surface area (Å²) in [6, 6.07) is 5.64. The first kappa shape index (κ1) is 20.1. The SMILES string of the molecule is CC(C)CC(C)(N)COc1ccc(-c2ccnn3ccnc23)cc1C(F)(F)F. The van der Waals surface area contributed by atoms with Crippen molar-refractivity contribution in [1.82, 2.24) is 14.6 Å². The second-order valence-corrected chi connectivity index (χ2v) is 7.69. The Kier molecular flexibility index (Phi) is 5.34. The summed E-state index contributed by atoms with van der Waals surface area (Å²) in [5, 5.41) is 4.09. The molecule has 0 aliphatic rings. The van der Waals surface area contributed by atoms with E-state index in [0.29, 0.717) is 29.1 Å². The second kappa shape index (κ2) is 7.43. The lowest BCUT2D eigenvalue weighted by molar-refractivity contribution is -0.139. The van der Waals surface area contributed by atoms with Crippen LogP contribution in [0.1, 0.15) is 32.8 Å². The summed E-state index contributed by atoms with van der Waals surface area (Å²) in [5.41, 5.74) is 6.03. The molecule has 0 saturated heterocycles. The molecule has 0 radical (unpaired) electrons. The molecule has 0 aliphatic carbocycles. The molecule has 0 amide bonds. The molecule has 0 spiro atoms. The average Bonchev–Trinajstić information content (AvgIpc) is 3.06. The molecule has 2 heterocycles. The van der Waals surface area contributed by atoms with Crippen LogP contribution in [0.4, 0.5) is 13.2 Å². The van der Waals surface area contributed by atoms with Crippen molar-refractivity contribution in [2.45, 2.75) is 38.9 Å². The quantitative estimate of drug-likeness (QED) is 0.668. The maximum atomic E-state index is 13.7. The summed E-state index contributed by atoms with van der Waals surface area (Å²) in [6.45, 7) is 5.78. The molecule has 0 aliphatic heterocycles. The molecule has 0 saturated carbocycles. The van der Waals surface area contributed by atoms with Gasteiger partial charge in [0.05, 0.1) is 5.56 Å². The zero-order valence-electron chi connectivity index (χ0n) is 16.0. The fourth-order valence-corrected chi connectivity index (χ4v) is 3.34. The second-order valence-electron chi connectivity index (χ2n) is 7.69. The van der Waals surface area contributed by atoms with Crippen LogP contribution < -0.4 is 10.5 Å². The summed E-state index contributed by atoms with van der Waals surface area (Å²) >= 11 is 0. The van der Waals surface area contributed by atoms with E-state index in [1.807, 2.05) is 13.8 Å². The van der Waals surface area contributed by atoms with Crippen LogP contribution >= 0.6 is 0 Å². The molecule has 8 heteroatoms. The van der Waals surface area contributed by atoms with Crippen molar-refractivity contribution in [3.05, 3.63) is 48.4 Å². The van der Waals surface area contributed by atoms with Crippen LogP contribution in [0.15, 0.2) is 42.9 Å². The first-order valence-corrected chi connectivity index (χ1v) is 8.98. The molecule has 1 aromatic carbocycles. The van der Waals surface area contributed by atoms with Gasteiger partial charge in [-0.3, -0.25) is 0 Å². The molecular formula is C20H23F3N4O. The van der Waals surface area contributed by atoms with Gasteiger partial charge in [-0.2, -0.15) is 18.3 Å². The average molecular weight is 392 g/mol. The van der Waals surface area contributed by atoms with Crippen molar-refractivity contribution in [2.24, 2.45) is 11.7 Å². The van der Waals surface area contributed by atoms with Crippen molar-refractivity contribution < 1.29 is 17.9 Å². The summed E-state index contributed by atoms with van der Waals surface area (Å²) in [7, 11) is 0. The van der Waals surface area contributed by atoms with Crippen LogP contribution in [0.2, 0.25) is 0 Å². The van der Waals surface area contributed by atoms with Crippen LogP contribution in [0.5, 0.6) is 5.75 Å². The van der Waals surface area contributed by atoms with Gasteiger partial charge in [0.2, 0.25) is 0 Å². The zero-order valence-corrected chi connectivity index (χ0v) is 16.0. The van der Waals surface area contributed by atoms with Gasteiger partial charge in [-0.05, 0) is 43.0 Å². The number of hydrogen-bond donors (Lipinski definition) is 1. The molecule has 0 fully saturated rings. The molecule has 0 bridgehead atoms. The van der Waals surface area contributed by atoms with Gasteiger partial charge in [-0.15, -0.1) is 0 Å². The Bertz CT molecular complexity index is 963. The molecule has 1 atom stereocenters. The molecule has 1 unspecified atom stereocenters. The smallest absolute Gasteiger partial charge is 0.419 e. The maximum absolute atomic E-state index is 13.7. The first-order valence-electron chi connectivity index (χ1n) is 8.98. The van der Waals surface area contributed by atoms with Crippen LogP contribution in [0.25, 0.3) is 16.8 Å². The normalized spacial score (nSPS) is 14.4. The number of halogens is 3. The number of aromatic nitrogens is 3. The third kappa shape index (κ3) is 4.44. The summed E-state index contributed by atoms with van der Waals surface area (Å²) in [6.07, 6.45) is 0.782. The van der Waals surface area contributed by atoms with Gasteiger partial charge in [0, 0.05) is 29.7 Å². The molecule has 2 aromatic heterocycles. The number of imidazole rings is 1. The topological polar surface area (TPSA) is 65.4 Å². The number of benzene rings is 1. The van der Waals surface area contributed by atoms with Crippen molar-refractivity contribution in [1.29, 1.82) is 0 Å².